The fraction of sp³-hybridized carbons (Fsp3) is 0.259. The van der Waals surface area contributed by atoms with E-state index in [9.17, 15) is 31.5 Å². The number of esters is 1. The maximum absolute atomic E-state index is 14.1. The van der Waals surface area contributed by atoms with Gasteiger partial charge in [-0.1, -0.05) is 56.1 Å². The number of alkyl halides is 3. The Kier molecular flexibility index (Phi) is 7.74. The molecule has 0 aliphatic carbocycles. The Hall–Kier alpha value is -3.12. The lowest BCUT2D eigenvalue weighted by molar-refractivity contribution is -0.140. The zero-order chi connectivity index (χ0) is 29.8. The molecule has 2 aromatic heterocycles. The number of ether oxygens (including phenoxy) is 1. The summed E-state index contributed by atoms with van der Waals surface area (Å²) in [5.74, 6) is -0.848. The number of nitrogens with zero attached hydrogens (tertiary/aromatic N) is 2. The third-order valence-corrected chi connectivity index (χ3v) is 8.73. The molecule has 1 N–H and O–H groups in total. The van der Waals surface area contributed by atoms with E-state index in [1.807, 2.05) is 20.8 Å². The number of aromatic nitrogens is 2. The predicted molar refractivity (Wildman–Crippen MR) is 144 cm³/mol. The molecule has 4 rings (SSSR count). The van der Waals surface area contributed by atoms with Gasteiger partial charge in [0.1, 0.15) is 11.8 Å². The third-order valence-electron chi connectivity index (χ3n) is 6.25. The Bertz CT molecular complexity index is 1750. The molecule has 4 aromatic rings. The Morgan fingerprint density at radius 2 is 1.73 bits per heavy atom. The number of halogens is 5. The fourth-order valence-corrected chi connectivity index (χ4v) is 6.40. The number of hydrogen-bond donors (Lipinski definition) is 1. The number of aliphatic hydroxyl groups is 1. The summed E-state index contributed by atoms with van der Waals surface area (Å²) in [6.45, 7) is 5.67. The minimum absolute atomic E-state index is 0.127. The molecule has 0 aliphatic heterocycles. The number of benzene rings is 2. The Morgan fingerprint density at radius 3 is 2.33 bits per heavy atom. The second-order valence-corrected chi connectivity index (χ2v) is 12.5. The van der Waals surface area contributed by atoms with E-state index in [1.54, 1.807) is 12.1 Å². The molecular formula is C27H23Cl2F3N2O5S. The Morgan fingerprint density at radius 1 is 1.05 bits per heavy atom. The topological polar surface area (TPSA) is 98.5 Å². The third kappa shape index (κ3) is 5.30. The summed E-state index contributed by atoms with van der Waals surface area (Å²) in [6, 6.07) is 11.2. The largest absolute Gasteiger partial charge is 0.465 e. The van der Waals surface area contributed by atoms with Gasteiger partial charge < -0.3 is 9.84 Å². The van der Waals surface area contributed by atoms with Crippen LogP contribution in [0.5, 0.6) is 0 Å². The van der Waals surface area contributed by atoms with Gasteiger partial charge in [-0.3, -0.25) is 0 Å². The van der Waals surface area contributed by atoms with E-state index in [1.165, 1.54) is 24.3 Å². The smallest absolute Gasteiger partial charge is 0.433 e. The van der Waals surface area contributed by atoms with Gasteiger partial charge in [-0.2, -0.15) is 13.2 Å². The lowest BCUT2D eigenvalue weighted by atomic mass is 9.87. The summed E-state index contributed by atoms with van der Waals surface area (Å²) in [6.07, 6.45) is -6.72. The van der Waals surface area contributed by atoms with E-state index in [-0.39, 0.29) is 37.1 Å². The molecule has 2 heterocycles. The Balaban J connectivity index is 2.05. The summed E-state index contributed by atoms with van der Waals surface area (Å²) >= 11 is 12.7. The van der Waals surface area contributed by atoms with Gasteiger partial charge in [0.15, 0.2) is 0 Å². The molecule has 7 nitrogen and oxygen atoms in total. The first-order valence-electron chi connectivity index (χ1n) is 11.7. The summed E-state index contributed by atoms with van der Waals surface area (Å²) < 4.78 is 73.9. The normalized spacial score (nSPS) is 13.4. The summed E-state index contributed by atoms with van der Waals surface area (Å²) in [5.41, 5.74) is -2.38. The van der Waals surface area contributed by atoms with Crippen LogP contribution >= 0.6 is 23.2 Å². The maximum atomic E-state index is 14.1. The number of aliphatic hydroxyl groups excluding tert-OH is 1. The van der Waals surface area contributed by atoms with Crippen LogP contribution in [0.4, 0.5) is 13.2 Å². The van der Waals surface area contributed by atoms with Crippen molar-refractivity contribution in [3.8, 4) is 0 Å². The molecule has 1 unspecified atom stereocenters. The van der Waals surface area contributed by atoms with Crippen molar-refractivity contribution < 1.29 is 36.2 Å². The molecule has 0 radical (unpaired) electrons. The highest BCUT2D eigenvalue weighted by Crippen LogP contribution is 2.40. The van der Waals surface area contributed by atoms with Gasteiger partial charge in [0.2, 0.25) is 0 Å². The van der Waals surface area contributed by atoms with Crippen molar-refractivity contribution >= 4 is 50.2 Å². The molecule has 1 atom stereocenters. The molecule has 0 spiro atoms. The lowest BCUT2D eigenvalue weighted by Crippen LogP contribution is -2.20. The summed E-state index contributed by atoms with van der Waals surface area (Å²) in [4.78, 5) is 15.6. The number of carbonyl (C=O) groups is 1. The van der Waals surface area contributed by atoms with E-state index in [0.29, 0.717) is 15.6 Å². The molecule has 13 heteroatoms. The van der Waals surface area contributed by atoms with Crippen molar-refractivity contribution in [3.05, 3.63) is 92.7 Å². The van der Waals surface area contributed by atoms with Crippen molar-refractivity contribution in [2.45, 2.75) is 43.4 Å². The molecule has 0 bridgehead atoms. The van der Waals surface area contributed by atoms with Gasteiger partial charge in [-0.15, -0.1) is 0 Å². The lowest BCUT2D eigenvalue weighted by Gasteiger charge is -2.21. The molecule has 0 saturated heterocycles. The van der Waals surface area contributed by atoms with Crippen LogP contribution in [0.3, 0.4) is 0 Å². The first-order chi connectivity index (χ1) is 18.5. The van der Waals surface area contributed by atoms with Gasteiger partial charge >= 0.3 is 12.1 Å². The van der Waals surface area contributed by atoms with E-state index in [0.717, 1.165) is 19.2 Å². The number of methoxy groups -OCH3 is 1. The van der Waals surface area contributed by atoms with Crippen LogP contribution < -0.4 is 0 Å². The van der Waals surface area contributed by atoms with Crippen LogP contribution in [0.2, 0.25) is 10.0 Å². The number of hydrogen-bond acceptors (Lipinski definition) is 6. The monoisotopic (exact) mass is 614 g/mol. The summed E-state index contributed by atoms with van der Waals surface area (Å²) in [7, 11) is -3.42. The predicted octanol–water partition coefficient (Wildman–Crippen LogP) is 6.76. The van der Waals surface area contributed by atoms with Gasteiger partial charge in [-0.25, -0.2) is 22.2 Å². The number of carbonyl (C=O) groups excluding carboxylic acids is 1. The van der Waals surface area contributed by atoms with Crippen molar-refractivity contribution in [1.29, 1.82) is 0 Å². The maximum Gasteiger partial charge on any atom is 0.433 e. The minimum atomic E-state index is -4.81. The van der Waals surface area contributed by atoms with Crippen molar-refractivity contribution in [2.75, 3.05) is 7.11 Å². The zero-order valence-corrected chi connectivity index (χ0v) is 23.9. The highest BCUT2D eigenvalue weighted by atomic mass is 35.5. The van der Waals surface area contributed by atoms with E-state index in [2.05, 4.69) is 4.98 Å². The highest BCUT2D eigenvalue weighted by Gasteiger charge is 2.35. The molecule has 0 amide bonds. The average molecular weight is 615 g/mol. The van der Waals surface area contributed by atoms with Crippen LogP contribution in [0.1, 0.15) is 59.7 Å². The number of pyridine rings is 1. The van der Waals surface area contributed by atoms with Crippen molar-refractivity contribution in [1.82, 2.24) is 8.96 Å². The highest BCUT2D eigenvalue weighted by molar-refractivity contribution is 7.90. The molecule has 212 valence electrons. The standard InChI is InChI=1S/C27H23Cl2F3N2O5S/c1-26(2,3)14-6-5-7-15(12-14)40(37,38)34-19-10-11-21(27(30,31)32)33-18(19)13-20(34)24(35)22-17(28)9-8-16(23(22)29)25(36)39-4/h5-13,24,35H,1-4H3. The van der Waals surface area contributed by atoms with Crippen molar-refractivity contribution in [3.63, 3.8) is 0 Å². The van der Waals surface area contributed by atoms with Crippen molar-refractivity contribution in [2.24, 2.45) is 0 Å². The molecule has 40 heavy (non-hydrogen) atoms. The quantitative estimate of drug-likeness (QED) is 0.249. The number of fused-ring (bicyclic) bond motifs is 1. The second-order valence-electron chi connectivity index (χ2n) is 9.93. The van der Waals surface area contributed by atoms with E-state index in [4.69, 9.17) is 27.9 Å². The average Bonchev–Trinajstić information content (AvgIpc) is 3.27. The summed E-state index contributed by atoms with van der Waals surface area (Å²) in [5, 5.41) is 11.0. The first-order valence-corrected chi connectivity index (χ1v) is 13.9. The van der Waals surface area contributed by atoms with Gasteiger partial charge in [0, 0.05) is 10.6 Å². The molecule has 0 fully saturated rings. The first kappa shape index (κ1) is 29.9. The minimum Gasteiger partial charge on any atom is -0.465 e. The molecule has 0 aliphatic rings. The Labute approximate surface area is 238 Å². The van der Waals surface area contributed by atoms with Crippen LogP contribution in [0, 0.1) is 0 Å². The van der Waals surface area contributed by atoms with E-state index >= 15 is 0 Å². The SMILES string of the molecule is COC(=O)c1ccc(Cl)c(C(O)c2cc3nc(C(F)(F)F)ccc3n2S(=O)(=O)c2cccc(C(C)(C)C)c2)c1Cl. The zero-order valence-electron chi connectivity index (χ0n) is 21.5. The van der Waals surface area contributed by atoms with Crippen LogP contribution in [0.15, 0.2) is 59.5 Å². The van der Waals surface area contributed by atoms with Crippen LogP contribution in [-0.4, -0.2) is 35.6 Å². The molecule has 2 aromatic carbocycles. The van der Waals surface area contributed by atoms with Crippen LogP contribution in [-0.2, 0) is 26.4 Å². The number of rotatable bonds is 5. The van der Waals surface area contributed by atoms with Gasteiger partial charge in [0.05, 0.1) is 39.3 Å². The molecular weight excluding hydrogens is 592 g/mol. The van der Waals surface area contributed by atoms with Crippen LogP contribution in [0.25, 0.3) is 11.0 Å². The second kappa shape index (κ2) is 10.4. The molecule has 0 saturated carbocycles. The van der Waals surface area contributed by atoms with Gasteiger partial charge in [0.25, 0.3) is 10.0 Å². The van der Waals surface area contributed by atoms with E-state index < -0.39 is 45.1 Å². The fourth-order valence-electron chi connectivity index (χ4n) is 4.16. The van der Waals surface area contributed by atoms with Gasteiger partial charge in [-0.05, 0) is 53.4 Å².